The van der Waals surface area contributed by atoms with Crippen LogP contribution < -0.4 is 15.4 Å². The maximum Gasteiger partial charge on any atom is 0.408 e. The highest BCUT2D eigenvalue weighted by Gasteiger charge is 2.29. The lowest BCUT2D eigenvalue weighted by molar-refractivity contribution is -0.138. The highest BCUT2D eigenvalue weighted by molar-refractivity contribution is 5.89. The van der Waals surface area contributed by atoms with E-state index in [1.807, 2.05) is 72.8 Å². The summed E-state index contributed by atoms with van der Waals surface area (Å²) in [7, 11) is 0. The Morgan fingerprint density at radius 3 is 2.16 bits per heavy atom. The number of alkyl carbamates (subject to hydrolysis) is 1. The molecule has 0 bridgehead atoms. The van der Waals surface area contributed by atoms with Gasteiger partial charge in [-0.15, -0.1) is 0 Å². The Labute approximate surface area is 284 Å². The van der Waals surface area contributed by atoms with E-state index in [4.69, 9.17) is 9.47 Å². The molecule has 3 N–H and O–H groups in total. The molecule has 4 aromatic carbocycles. The number of hydrogen-bond acceptors (Lipinski definition) is 6. The number of ether oxygens (including phenoxy) is 2. The van der Waals surface area contributed by atoms with Crippen LogP contribution in [-0.4, -0.2) is 51.9 Å². The summed E-state index contributed by atoms with van der Waals surface area (Å²) in [6, 6.07) is 31.5. The zero-order chi connectivity index (χ0) is 34.3. The average Bonchev–Trinajstić information content (AvgIpc) is 3.64. The van der Waals surface area contributed by atoms with E-state index in [1.54, 1.807) is 36.5 Å². The fourth-order valence-corrected chi connectivity index (χ4v) is 5.07. The molecule has 5 aromatic rings. The van der Waals surface area contributed by atoms with Crippen molar-refractivity contribution in [3.8, 4) is 5.75 Å². The first kappa shape index (κ1) is 34.4. The molecule has 0 spiro atoms. The summed E-state index contributed by atoms with van der Waals surface area (Å²) < 4.78 is 25.4. The summed E-state index contributed by atoms with van der Waals surface area (Å²) in [4.78, 5) is 48.6. The van der Waals surface area contributed by atoms with Crippen LogP contribution in [0.15, 0.2) is 122 Å². The van der Waals surface area contributed by atoms with Crippen LogP contribution in [-0.2, 0) is 46.9 Å². The minimum atomic E-state index is -1.08. The normalized spacial score (nSPS) is 11.3. The molecule has 252 valence electrons. The highest BCUT2D eigenvalue weighted by atomic mass is 19.1. The number of hydrogen-bond donors (Lipinski definition) is 3. The molecule has 0 aliphatic carbocycles. The van der Waals surface area contributed by atoms with Crippen molar-refractivity contribution in [1.82, 2.24) is 25.5 Å². The molecule has 1 aromatic heterocycles. The second-order valence-corrected chi connectivity index (χ2v) is 11.3. The van der Waals surface area contributed by atoms with Gasteiger partial charge < -0.3 is 30.0 Å². The van der Waals surface area contributed by atoms with E-state index in [0.717, 1.165) is 16.7 Å². The smallest absolute Gasteiger partial charge is 0.408 e. The lowest BCUT2D eigenvalue weighted by Crippen LogP contribution is -2.52. The second kappa shape index (κ2) is 17.8. The average molecular weight is 664 g/mol. The Morgan fingerprint density at radius 2 is 1.49 bits per heavy atom. The van der Waals surface area contributed by atoms with E-state index in [0.29, 0.717) is 23.6 Å². The molecule has 3 amide bonds. The van der Waals surface area contributed by atoms with Gasteiger partial charge in [0, 0.05) is 31.4 Å². The van der Waals surface area contributed by atoms with Gasteiger partial charge in [-0.25, -0.2) is 14.2 Å². The molecule has 0 aliphatic rings. The summed E-state index contributed by atoms with van der Waals surface area (Å²) in [5, 5.41) is 5.47. The molecule has 49 heavy (non-hydrogen) atoms. The van der Waals surface area contributed by atoms with E-state index >= 15 is 0 Å². The first-order valence-corrected chi connectivity index (χ1v) is 15.9. The summed E-state index contributed by atoms with van der Waals surface area (Å²) in [5.74, 6) is -0.632. The number of imidazole rings is 1. The standard InChI is InChI=1S/C38H38FN5O5/c39-34-14-8-7-13-31(34)19-20-41-36(45)24-44(23-28-15-17-33(18-16-28)48-25-29-9-3-1-4-10-29)37(46)35(21-32-22-40-27-42-32)43-38(47)49-26-30-11-5-2-6-12-30/h1-18,22,27,35H,19-21,23-26H2,(H,40,42)(H,41,45)(H,43,47). The number of carbonyl (C=O) groups excluding carboxylic acids is 3. The Hall–Kier alpha value is -5.97. The van der Waals surface area contributed by atoms with Crippen molar-refractivity contribution >= 4 is 17.9 Å². The minimum absolute atomic E-state index is 0.0183. The SMILES string of the molecule is O=C(CN(Cc1ccc(OCc2ccccc2)cc1)C(=O)C(Cc1cnc[nH]1)NC(=O)OCc1ccccc1)NCCc1ccccc1F. The lowest BCUT2D eigenvalue weighted by Gasteiger charge is -2.27. The Morgan fingerprint density at radius 1 is 0.816 bits per heavy atom. The summed E-state index contributed by atoms with van der Waals surface area (Å²) in [6.45, 7) is 0.363. The number of rotatable bonds is 16. The third-order valence-corrected chi connectivity index (χ3v) is 7.65. The van der Waals surface area contributed by atoms with Crippen LogP contribution in [0.4, 0.5) is 9.18 Å². The van der Waals surface area contributed by atoms with Gasteiger partial charge in [0.25, 0.3) is 0 Å². The van der Waals surface area contributed by atoms with Crippen molar-refractivity contribution in [1.29, 1.82) is 0 Å². The maximum atomic E-state index is 14.2. The lowest BCUT2D eigenvalue weighted by atomic mass is 10.1. The quantitative estimate of drug-likeness (QED) is 0.131. The third kappa shape index (κ3) is 11.1. The Balaban J connectivity index is 1.28. The molecule has 0 radical (unpaired) electrons. The largest absolute Gasteiger partial charge is 0.489 e. The second-order valence-electron chi connectivity index (χ2n) is 11.3. The number of amides is 3. The van der Waals surface area contributed by atoms with Gasteiger partial charge in [0.2, 0.25) is 11.8 Å². The van der Waals surface area contributed by atoms with Gasteiger partial charge in [0.15, 0.2) is 0 Å². The van der Waals surface area contributed by atoms with Crippen molar-refractivity contribution in [2.24, 2.45) is 0 Å². The van der Waals surface area contributed by atoms with Crippen LogP contribution in [0.5, 0.6) is 5.75 Å². The van der Waals surface area contributed by atoms with Crippen molar-refractivity contribution in [2.75, 3.05) is 13.1 Å². The van der Waals surface area contributed by atoms with E-state index < -0.39 is 23.9 Å². The topological polar surface area (TPSA) is 126 Å². The molecule has 1 unspecified atom stereocenters. The molecule has 1 heterocycles. The molecule has 11 heteroatoms. The Bertz CT molecular complexity index is 1770. The number of nitrogens with one attached hydrogen (secondary N) is 3. The molecule has 5 rings (SSSR count). The summed E-state index contributed by atoms with van der Waals surface area (Å²) in [5.41, 5.74) is 3.65. The predicted molar refractivity (Wildman–Crippen MR) is 182 cm³/mol. The summed E-state index contributed by atoms with van der Waals surface area (Å²) >= 11 is 0. The first-order chi connectivity index (χ1) is 23.9. The van der Waals surface area contributed by atoms with Crippen LogP contribution in [0.25, 0.3) is 0 Å². The van der Waals surface area contributed by atoms with Crippen molar-refractivity contribution < 1.29 is 28.2 Å². The fraction of sp³-hybridized carbons (Fsp3) is 0.211. The minimum Gasteiger partial charge on any atom is -0.489 e. The van der Waals surface area contributed by atoms with Gasteiger partial charge in [-0.3, -0.25) is 9.59 Å². The molecule has 0 aliphatic heterocycles. The number of nitrogens with zero attached hydrogens (tertiary/aromatic N) is 2. The zero-order valence-electron chi connectivity index (χ0n) is 26.9. The van der Waals surface area contributed by atoms with Crippen LogP contribution in [0.3, 0.4) is 0 Å². The van der Waals surface area contributed by atoms with E-state index in [1.165, 1.54) is 17.3 Å². The number of halogens is 1. The predicted octanol–water partition coefficient (Wildman–Crippen LogP) is 5.35. The van der Waals surface area contributed by atoms with Gasteiger partial charge in [0.1, 0.15) is 30.8 Å². The maximum absolute atomic E-state index is 14.2. The van der Waals surface area contributed by atoms with Gasteiger partial charge in [-0.05, 0) is 46.9 Å². The molecular weight excluding hydrogens is 625 g/mol. The van der Waals surface area contributed by atoms with E-state index in [-0.39, 0.29) is 44.9 Å². The first-order valence-electron chi connectivity index (χ1n) is 15.9. The number of aromatic nitrogens is 2. The fourth-order valence-electron chi connectivity index (χ4n) is 5.07. The van der Waals surface area contributed by atoms with Gasteiger partial charge in [-0.1, -0.05) is 91.0 Å². The number of carbonyl (C=O) groups is 3. The van der Waals surface area contributed by atoms with Crippen molar-refractivity contribution in [3.63, 3.8) is 0 Å². The molecule has 1 atom stereocenters. The van der Waals surface area contributed by atoms with Gasteiger partial charge >= 0.3 is 6.09 Å². The third-order valence-electron chi connectivity index (χ3n) is 7.65. The van der Waals surface area contributed by atoms with Crippen LogP contribution in [0.2, 0.25) is 0 Å². The van der Waals surface area contributed by atoms with Crippen LogP contribution in [0, 0.1) is 5.82 Å². The molecule has 0 fully saturated rings. The molecular formula is C38H38FN5O5. The van der Waals surface area contributed by atoms with Crippen LogP contribution >= 0.6 is 0 Å². The summed E-state index contributed by atoms with van der Waals surface area (Å²) in [6.07, 6.45) is 2.62. The number of benzene rings is 4. The zero-order valence-corrected chi connectivity index (χ0v) is 26.9. The molecule has 10 nitrogen and oxygen atoms in total. The number of H-pyrrole nitrogens is 1. The van der Waals surface area contributed by atoms with Gasteiger partial charge in [-0.2, -0.15) is 0 Å². The van der Waals surface area contributed by atoms with Crippen LogP contribution in [0.1, 0.15) is 27.9 Å². The van der Waals surface area contributed by atoms with E-state index in [2.05, 4.69) is 20.6 Å². The monoisotopic (exact) mass is 663 g/mol. The highest BCUT2D eigenvalue weighted by Crippen LogP contribution is 2.17. The van der Waals surface area contributed by atoms with Gasteiger partial charge in [0.05, 0.1) is 12.9 Å². The van der Waals surface area contributed by atoms with E-state index in [9.17, 15) is 18.8 Å². The molecule has 0 saturated carbocycles. The Kier molecular flexibility index (Phi) is 12.5. The molecule has 0 saturated heterocycles. The van der Waals surface area contributed by atoms with Crippen molar-refractivity contribution in [3.05, 3.63) is 155 Å². The van der Waals surface area contributed by atoms with Crippen molar-refractivity contribution in [2.45, 2.75) is 38.6 Å². The number of aromatic amines is 1.